The van der Waals surface area contributed by atoms with Crippen LogP contribution >= 0.6 is 11.3 Å². The molecule has 0 aliphatic rings. The number of fused-ring (bicyclic) bond motifs is 1. The molecule has 70 valence electrons. The molecule has 4 heteroatoms. The molecule has 0 aliphatic carbocycles. The van der Waals surface area contributed by atoms with Gasteiger partial charge in [-0.05, 0) is 22.4 Å². The van der Waals surface area contributed by atoms with Crippen LogP contribution in [0.15, 0.2) is 17.5 Å². The monoisotopic (exact) mass is 206 g/mol. The van der Waals surface area contributed by atoms with E-state index >= 15 is 0 Å². The second-order valence-corrected chi connectivity index (χ2v) is 3.82. The molecule has 0 fully saturated rings. The van der Waals surface area contributed by atoms with Gasteiger partial charge in [-0.3, -0.25) is 0 Å². The molecular weight excluding hydrogens is 199 g/mol. The van der Waals surface area contributed by atoms with Gasteiger partial charge in [-0.15, -0.1) is 11.3 Å². The summed E-state index contributed by atoms with van der Waals surface area (Å²) in [4.78, 5) is 0. The van der Waals surface area contributed by atoms with Crippen LogP contribution in [0.5, 0.6) is 0 Å². The van der Waals surface area contributed by atoms with E-state index in [1.807, 2.05) is 6.07 Å². The first-order valence-electron chi connectivity index (χ1n) is 4.05. The lowest BCUT2D eigenvalue weighted by Gasteiger charge is -1.97. The van der Waals surface area contributed by atoms with Crippen molar-refractivity contribution in [2.24, 2.45) is 0 Å². The second kappa shape index (κ2) is 3.28. The molecule has 0 radical (unpaired) electrons. The van der Waals surface area contributed by atoms with E-state index < -0.39 is 0 Å². The molecule has 1 heterocycles. The second-order valence-electron chi connectivity index (χ2n) is 2.94. The van der Waals surface area contributed by atoms with Crippen LogP contribution < -0.4 is 5.73 Å². The number of nitrogens with zero attached hydrogens (tertiary/aromatic N) is 1. The van der Waals surface area contributed by atoms with Crippen LogP contribution in [0.3, 0.4) is 0 Å². The zero-order chi connectivity index (χ0) is 10.1. The summed E-state index contributed by atoms with van der Waals surface area (Å²) >= 11 is 1.29. The minimum Gasteiger partial charge on any atom is -0.396 e. The largest absolute Gasteiger partial charge is 0.396 e. The molecule has 0 saturated carbocycles. The average Bonchev–Trinajstić information content (AvgIpc) is 2.57. The van der Waals surface area contributed by atoms with Crippen molar-refractivity contribution >= 4 is 27.1 Å². The van der Waals surface area contributed by atoms with E-state index in [-0.39, 0.29) is 11.5 Å². The molecule has 0 bridgehead atoms. The highest BCUT2D eigenvalue weighted by atomic mass is 32.1. The lowest BCUT2D eigenvalue weighted by Crippen LogP contribution is -1.89. The topological polar surface area (TPSA) is 49.8 Å². The zero-order valence-corrected chi connectivity index (χ0v) is 8.07. The molecule has 0 unspecified atom stereocenters. The molecule has 2 nitrogen and oxygen atoms in total. The number of nitrogens with two attached hydrogens (primary N) is 1. The average molecular weight is 206 g/mol. The highest BCUT2D eigenvalue weighted by molar-refractivity contribution is 7.17. The molecule has 0 atom stereocenters. The number of halogens is 1. The summed E-state index contributed by atoms with van der Waals surface area (Å²) in [5.74, 6) is -0.378. The van der Waals surface area contributed by atoms with Gasteiger partial charge < -0.3 is 5.73 Å². The lowest BCUT2D eigenvalue weighted by atomic mass is 10.1. The molecule has 0 aliphatic heterocycles. The maximum absolute atomic E-state index is 13.5. The van der Waals surface area contributed by atoms with Gasteiger partial charge in [0.1, 0.15) is 0 Å². The van der Waals surface area contributed by atoms with Gasteiger partial charge in [-0.25, -0.2) is 4.39 Å². The maximum atomic E-state index is 13.5. The highest BCUT2D eigenvalue weighted by Crippen LogP contribution is 2.31. The Labute approximate surface area is 84.4 Å². The third-order valence-electron chi connectivity index (χ3n) is 2.06. The van der Waals surface area contributed by atoms with Crippen LogP contribution in [-0.4, -0.2) is 0 Å². The van der Waals surface area contributed by atoms with Gasteiger partial charge >= 0.3 is 0 Å². The molecular formula is C10H7FN2S. The van der Waals surface area contributed by atoms with Gasteiger partial charge in [-0.1, -0.05) is 6.07 Å². The number of nitriles is 1. The zero-order valence-electron chi connectivity index (χ0n) is 7.25. The summed E-state index contributed by atoms with van der Waals surface area (Å²) in [7, 11) is 0. The van der Waals surface area contributed by atoms with Crippen LogP contribution in [0.4, 0.5) is 10.1 Å². The fourth-order valence-corrected chi connectivity index (χ4v) is 2.37. The fraction of sp³-hybridized carbons (Fsp3) is 0.100. The Bertz CT molecular complexity index is 525. The smallest absolute Gasteiger partial charge is 0.163 e. The fourth-order valence-electron chi connectivity index (χ4n) is 1.35. The highest BCUT2D eigenvalue weighted by Gasteiger charge is 2.09. The summed E-state index contributed by atoms with van der Waals surface area (Å²) in [5, 5.41) is 11.2. The van der Waals surface area contributed by atoms with Crippen LogP contribution in [0.25, 0.3) is 10.1 Å². The van der Waals surface area contributed by atoms with E-state index in [4.69, 9.17) is 11.0 Å². The van der Waals surface area contributed by atoms with Crippen molar-refractivity contribution in [1.82, 2.24) is 0 Å². The summed E-state index contributed by atoms with van der Waals surface area (Å²) in [6, 6.07) is 5.34. The first kappa shape index (κ1) is 8.97. The van der Waals surface area contributed by atoms with Crippen LogP contribution in [0.1, 0.15) is 5.56 Å². The Morgan fingerprint density at radius 1 is 1.50 bits per heavy atom. The Morgan fingerprint density at radius 2 is 2.29 bits per heavy atom. The van der Waals surface area contributed by atoms with Crippen LogP contribution in [-0.2, 0) is 6.42 Å². The van der Waals surface area contributed by atoms with Crippen molar-refractivity contribution in [3.8, 4) is 6.07 Å². The summed E-state index contributed by atoms with van der Waals surface area (Å²) in [6.45, 7) is 0. The lowest BCUT2D eigenvalue weighted by molar-refractivity contribution is 0.646. The first-order chi connectivity index (χ1) is 6.74. The number of anilines is 1. The third-order valence-corrected chi connectivity index (χ3v) is 3.10. The van der Waals surface area contributed by atoms with E-state index in [9.17, 15) is 4.39 Å². The van der Waals surface area contributed by atoms with Gasteiger partial charge in [0.25, 0.3) is 0 Å². The minimum atomic E-state index is -0.378. The number of thiophene rings is 1. The number of rotatable bonds is 1. The summed E-state index contributed by atoms with van der Waals surface area (Å²) < 4.78 is 14.0. The van der Waals surface area contributed by atoms with E-state index in [1.165, 1.54) is 17.4 Å². The molecule has 0 saturated heterocycles. The Kier molecular flexibility index (Phi) is 2.10. The molecule has 2 aromatic rings. The number of hydrogen-bond acceptors (Lipinski definition) is 3. The van der Waals surface area contributed by atoms with E-state index in [0.29, 0.717) is 11.1 Å². The minimum absolute atomic E-state index is 0.155. The van der Waals surface area contributed by atoms with Crippen molar-refractivity contribution in [3.05, 3.63) is 28.9 Å². The van der Waals surface area contributed by atoms with E-state index in [1.54, 1.807) is 11.4 Å². The Hall–Kier alpha value is -1.60. The molecule has 1 aromatic heterocycles. The summed E-state index contributed by atoms with van der Waals surface area (Å²) in [6.07, 6.45) is 0.309. The molecule has 1 aromatic carbocycles. The molecule has 2 N–H and O–H groups in total. The van der Waals surface area contributed by atoms with Crippen molar-refractivity contribution in [2.45, 2.75) is 6.42 Å². The predicted molar refractivity (Wildman–Crippen MR) is 55.5 cm³/mol. The van der Waals surface area contributed by atoms with Gasteiger partial charge in [0.05, 0.1) is 22.9 Å². The predicted octanol–water partition coefficient (Wildman–Crippen LogP) is 2.69. The van der Waals surface area contributed by atoms with Crippen molar-refractivity contribution < 1.29 is 4.39 Å². The van der Waals surface area contributed by atoms with Gasteiger partial charge in [0, 0.05) is 0 Å². The normalized spacial score (nSPS) is 10.3. The summed E-state index contributed by atoms with van der Waals surface area (Å²) in [5.41, 5.74) is 6.46. The maximum Gasteiger partial charge on any atom is 0.163 e. The Balaban J connectivity index is 2.72. The third kappa shape index (κ3) is 1.22. The SMILES string of the molecule is N#CCc1csc2c(F)c(N)ccc12. The molecule has 2 rings (SSSR count). The van der Waals surface area contributed by atoms with Gasteiger partial charge in [-0.2, -0.15) is 5.26 Å². The molecule has 14 heavy (non-hydrogen) atoms. The number of nitrogen functional groups attached to an aromatic ring is 1. The van der Waals surface area contributed by atoms with Crippen LogP contribution in [0, 0.1) is 17.1 Å². The van der Waals surface area contributed by atoms with E-state index in [0.717, 1.165) is 10.9 Å². The van der Waals surface area contributed by atoms with E-state index in [2.05, 4.69) is 0 Å². The molecule has 0 spiro atoms. The van der Waals surface area contributed by atoms with Crippen molar-refractivity contribution in [3.63, 3.8) is 0 Å². The standard InChI is InChI=1S/C10H7FN2S/c11-9-8(13)2-1-7-6(3-4-12)5-14-10(7)9/h1-2,5H,3,13H2. The Morgan fingerprint density at radius 3 is 3.00 bits per heavy atom. The number of benzene rings is 1. The first-order valence-corrected chi connectivity index (χ1v) is 4.93. The quantitative estimate of drug-likeness (QED) is 0.729. The number of hydrogen-bond donors (Lipinski definition) is 1. The van der Waals surface area contributed by atoms with Crippen LogP contribution in [0.2, 0.25) is 0 Å². The van der Waals surface area contributed by atoms with Gasteiger partial charge in [0.15, 0.2) is 5.82 Å². The van der Waals surface area contributed by atoms with Crippen molar-refractivity contribution in [2.75, 3.05) is 5.73 Å². The van der Waals surface area contributed by atoms with Crippen molar-refractivity contribution in [1.29, 1.82) is 5.26 Å². The van der Waals surface area contributed by atoms with Gasteiger partial charge in [0.2, 0.25) is 0 Å². The molecule has 0 amide bonds.